The third-order valence-electron chi connectivity index (χ3n) is 5.65. The van der Waals surface area contributed by atoms with Gasteiger partial charge < -0.3 is 20.4 Å². The number of nitrogens with zero attached hydrogens (tertiary/aromatic N) is 4. The second-order valence-electron chi connectivity index (χ2n) is 8.15. The Bertz CT molecular complexity index is 1200. The summed E-state index contributed by atoms with van der Waals surface area (Å²) in [4.78, 5) is 38.2. The standard InChI is InChI=1S/C25H27ClN6O2S/c1-17(33)27-10-11-28-22-16-23(30-24(29-22)18-6-8-19(26)9-7-18)31-12-14-32(15-13-31)25(34)20-4-2-3-5-21(20)35/h2-9,16,35H,10-15H2,1H3,(H,27,33)(H,28,29,30). The molecule has 0 saturated carbocycles. The number of aromatic nitrogens is 2. The van der Waals surface area contributed by atoms with Crippen molar-refractivity contribution in [3.8, 4) is 11.4 Å². The van der Waals surface area contributed by atoms with Crippen LogP contribution in [-0.2, 0) is 4.79 Å². The second kappa shape index (κ2) is 11.4. The number of piperazine rings is 1. The first kappa shape index (κ1) is 24.8. The number of halogens is 1. The zero-order valence-corrected chi connectivity index (χ0v) is 21.0. The number of amides is 2. The first-order valence-electron chi connectivity index (χ1n) is 11.4. The Hall–Kier alpha value is -3.30. The smallest absolute Gasteiger partial charge is 0.255 e. The lowest BCUT2D eigenvalue weighted by Gasteiger charge is -2.35. The zero-order chi connectivity index (χ0) is 24.8. The van der Waals surface area contributed by atoms with E-state index >= 15 is 0 Å². The molecule has 0 aliphatic carbocycles. The van der Waals surface area contributed by atoms with Crippen molar-refractivity contribution in [2.75, 3.05) is 49.5 Å². The number of benzene rings is 2. The highest BCUT2D eigenvalue weighted by atomic mass is 35.5. The average molecular weight is 511 g/mol. The van der Waals surface area contributed by atoms with Crippen LogP contribution < -0.4 is 15.5 Å². The number of hydrogen-bond acceptors (Lipinski definition) is 7. The molecule has 2 aromatic carbocycles. The molecule has 1 aliphatic rings. The molecule has 10 heteroatoms. The maximum absolute atomic E-state index is 13.0. The number of carbonyl (C=O) groups excluding carboxylic acids is 2. The van der Waals surface area contributed by atoms with E-state index in [2.05, 4.69) is 33.1 Å². The van der Waals surface area contributed by atoms with E-state index in [-0.39, 0.29) is 11.8 Å². The second-order valence-corrected chi connectivity index (χ2v) is 9.07. The van der Waals surface area contributed by atoms with Crippen molar-refractivity contribution in [2.24, 2.45) is 0 Å². The third-order valence-corrected chi connectivity index (χ3v) is 6.29. The molecule has 1 fully saturated rings. The highest BCUT2D eigenvalue weighted by Gasteiger charge is 2.24. The average Bonchev–Trinajstić information content (AvgIpc) is 2.87. The fourth-order valence-electron chi connectivity index (χ4n) is 3.81. The van der Waals surface area contributed by atoms with Crippen LogP contribution in [0.25, 0.3) is 11.4 Å². The molecule has 0 bridgehead atoms. The summed E-state index contributed by atoms with van der Waals surface area (Å²) in [5, 5.41) is 6.67. The summed E-state index contributed by atoms with van der Waals surface area (Å²) in [5.74, 6) is 1.91. The van der Waals surface area contributed by atoms with Gasteiger partial charge in [-0.1, -0.05) is 23.7 Å². The van der Waals surface area contributed by atoms with E-state index in [1.54, 1.807) is 18.2 Å². The van der Waals surface area contributed by atoms with Crippen LogP contribution in [-0.4, -0.2) is 66.0 Å². The Morgan fingerprint density at radius 1 is 1.00 bits per heavy atom. The Balaban J connectivity index is 1.50. The number of anilines is 2. The molecular formula is C25H27ClN6O2S. The maximum atomic E-state index is 13.0. The molecule has 1 aromatic heterocycles. The van der Waals surface area contributed by atoms with E-state index in [9.17, 15) is 9.59 Å². The highest BCUT2D eigenvalue weighted by Crippen LogP contribution is 2.25. The SMILES string of the molecule is CC(=O)NCCNc1cc(N2CCN(C(=O)c3ccccc3S)CC2)nc(-c2ccc(Cl)cc2)n1. The lowest BCUT2D eigenvalue weighted by molar-refractivity contribution is -0.118. The molecule has 0 atom stereocenters. The Kier molecular flexibility index (Phi) is 8.09. The molecule has 0 spiro atoms. The molecular weight excluding hydrogens is 484 g/mol. The van der Waals surface area contributed by atoms with Gasteiger partial charge in [-0.15, -0.1) is 12.6 Å². The molecule has 0 unspecified atom stereocenters. The van der Waals surface area contributed by atoms with Gasteiger partial charge in [0.1, 0.15) is 11.6 Å². The van der Waals surface area contributed by atoms with Crippen LogP contribution in [0, 0.1) is 0 Å². The lowest BCUT2D eigenvalue weighted by Crippen LogP contribution is -2.49. The van der Waals surface area contributed by atoms with Gasteiger partial charge in [-0.2, -0.15) is 0 Å². The van der Waals surface area contributed by atoms with Gasteiger partial charge in [0.2, 0.25) is 5.91 Å². The van der Waals surface area contributed by atoms with E-state index < -0.39 is 0 Å². The summed E-state index contributed by atoms with van der Waals surface area (Å²) in [6, 6.07) is 16.6. The summed E-state index contributed by atoms with van der Waals surface area (Å²) in [7, 11) is 0. The summed E-state index contributed by atoms with van der Waals surface area (Å²) in [5.41, 5.74) is 1.46. The van der Waals surface area contributed by atoms with E-state index in [0.717, 1.165) is 11.4 Å². The van der Waals surface area contributed by atoms with Gasteiger partial charge in [0.05, 0.1) is 5.56 Å². The first-order valence-corrected chi connectivity index (χ1v) is 12.2. The van der Waals surface area contributed by atoms with Crippen LogP contribution in [0.3, 0.4) is 0 Å². The maximum Gasteiger partial charge on any atom is 0.255 e. The number of nitrogens with one attached hydrogen (secondary N) is 2. The molecule has 1 saturated heterocycles. The number of hydrogen-bond donors (Lipinski definition) is 3. The predicted octanol–water partition coefficient (Wildman–Crippen LogP) is 3.60. The summed E-state index contributed by atoms with van der Waals surface area (Å²) < 4.78 is 0. The van der Waals surface area contributed by atoms with Gasteiger partial charge in [0.25, 0.3) is 5.91 Å². The molecule has 35 heavy (non-hydrogen) atoms. The van der Waals surface area contributed by atoms with Gasteiger partial charge >= 0.3 is 0 Å². The van der Waals surface area contributed by atoms with Gasteiger partial charge in [-0.25, -0.2) is 9.97 Å². The van der Waals surface area contributed by atoms with Crippen molar-refractivity contribution in [1.82, 2.24) is 20.2 Å². The third kappa shape index (κ3) is 6.43. The first-order chi connectivity index (χ1) is 16.9. The Labute approximate surface area is 215 Å². The molecule has 2 amide bonds. The quantitative estimate of drug-likeness (QED) is 0.332. The highest BCUT2D eigenvalue weighted by molar-refractivity contribution is 7.80. The monoisotopic (exact) mass is 510 g/mol. The van der Waals surface area contributed by atoms with Gasteiger partial charge in [0.15, 0.2) is 5.82 Å². The molecule has 2 heterocycles. The number of thiol groups is 1. The Morgan fingerprint density at radius 2 is 1.71 bits per heavy atom. The summed E-state index contributed by atoms with van der Waals surface area (Å²) in [6.07, 6.45) is 0. The van der Waals surface area contributed by atoms with Crippen molar-refractivity contribution < 1.29 is 9.59 Å². The molecule has 1 aliphatic heterocycles. The van der Waals surface area contributed by atoms with Crippen LogP contribution in [0.4, 0.5) is 11.6 Å². The van der Waals surface area contributed by atoms with Crippen molar-refractivity contribution in [3.05, 3.63) is 65.2 Å². The largest absolute Gasteiger partial charge is 0.368 e. The van der Waals surface area contributed by atoms with Crippen molar-refractivity contribution >= 4 is 47.7 Å². The van der Waals surface area contributed by atoms with E-state index in [0.29, 0.717) is 66.4 Å². The van der Waals surface area contributed by atoms with Crippen LogP contribution in [0.15, 0.2) is 59.5 Å². The van der Waals surface area contributed by atoms with Crippen molar-refractivity contribution in [2.45, 2.75) is 11.8 Å². The zero-order valence-electron chi connectivity index (χ0n) is 19.4. The molecule has 182 valence electrons. The fourth-order valence-corrected chi connectivity index (χ4v) is 4.19. The normalized spacial score (nSPS) is 13.5. The van der Waals surface area contributed by atoms with Crippen LogP contribution in [0.1, 0.15) is 17.3 Å². The van der Waals surface area contributed by atoms with Gasteiger partial charge in [0, 0.05) is 67.7 Å². The molecule has 2 N–H and O–H groups in total. The molecule has 8 nitrogen and oxygen atoms in total. The van der Waals surface area contributed by atoms with E-state index in [1.165, 1.54) is 6.92 Å². The van der Waals surface area contributed by atoms with E-state index in [1.807, 2.05) is 41.3 Å². The van der Waals surface area contributed by atoms with Crippen LogP contribution >= 0.6 is 24.2 Å². The molecule has 3 aromatic rings. The number of carbonyl (C=O) groups is 2. The van der Waals surface area contributed by atoms with Crippen molar-refractivity contribution in [1.29, 1.82) is 0 Å². The van der Waals surface area contributed by atoms with Gasteiger partial charge in [-0.05, 0) is 36.4 Å². The Morgan fingerprint density at radius 3 is 2.40 bits per heavy atom. The minimum atomic E-state index is -0.0787. The minimum Gasteiger partial charge on any atom is -0.368 e. The van der Waals surface area contributed by atoms with Crippen molar-refractivity contribution in [3.63, 3.8) is 0 Å². The lowest BCUT2D eigenvalue weighted by atomic mass is 10.1. The number of rotatable bonds is 7. The minimum absolute atomic E-state index is 0.0138. The van der Waals surface area contributed by atoms with E-state index in [4.69, 9.17) is 16.6 Å². The predicted molar refractivity (Wildman–Crippen MR) is 141 cm³/mol. The van der Waals surface area contributed by atoms with Crippen LogP contribution in [0.5, 0.6) is 0 Å². The molecule has 0 radical (unpaired) electrons. The molecule has 4 rings (SSSR count). The van der Waals surface area contributed by atoms with Crippen LogP contribution in [0.2, 0.25) is 5.02 Å². The topological polar surface area (TPSA) is 90.5 Å². The summed E-state index contributed by atoms with van der Waals surface area (Å²) >= 11 is 10.5. The van der Waals surface area contributed by atoms with Gasteiger partial charge in [-0.3, -0.25) is 9.59 Å². The summed E-state index contributed by atoms with van der Waals surface area (Å²) in [6.45, 7) is 4.94. The fraction of sp³-hybridized carbons (Fsp3) is 0.280.